The van der Waals surface area contributed by atoms with E-state index in [9.17, 15) is 4.79 Å². The average Bonchev–Trinajstić information content (AvgIpc) is 2.25. The van der Waals surface area contributed by atoms with Gasteiger partial charge in [0.05, 0.1) is 0 Å². The molecule has 3 nitrogen and oxygen atoms in total. The van der Waals surface area contributed by atoms with Crippen molar-refractivity contribution in [1.82, 2.24) is 0 Å². The standard InChI is InChI=1S/C12H16BrNO2/c1-3-11(12(15)16)14(4-2)10-7-5-6-9(13)8-10/h5-8,11H,3-4H2,1-2H3,(H,15,16)/t11-/m1/s1. The molecule has 0 heterocycles. The Morgan fingerprint density at radius 2 is 2.19 bits per heavy atom. The molecule has 88 valence electrons. The van der Waals surface area contributed by atoms with E-state index in [2.05, 4.69) is 15.9 Å². The number of carboxylic acid groups (broad SMARTS) is 1. The zero-order valence-corrected chi connectivity index (χ0v) is 11.1. The second-order valence-electron chi connectivity index (χ2n) is 3.53. The van der Waals surface area contributed by atoms with E-state index in [1.54, 1.807) is 0 Å². The molecule has 0 aliphatic rings. The van der Waals surface area contributed by atoms with E-state index in [0.29, 0.717) is 13.0 Å². The van der Waals surface area contributed by atoms with E-state index in [4.69, 9.17) is 5.11 Å². The van der Waals surface area contributed by atoms with Crippen molar-refractivity contribution in [2.75, 3.05) is 11.4 Å². The quantitative estimate of drug-likeness (QED) is 0.904. The third kappa shape index (κ3) is 2.98. The summed E-state index contributed by atoms with van der Waals surface area (Å²) < 4.78 is 0.962. The fourth-order valence-electron chi connectivity index (χ4n) is 1.77. The predicted molar refractivity (Wildman–Crippen MR) is 68.9 cm³/mol. The van der Waals surface area contributed by atoms with Crippen molar-refractivity contribution in [3.8, 4) is 0 Å². The molecule has 0 saturated carbocycles. The maximum Gasteiger partial charge on any atom is 0.326 e. The molecular weight excluding hydrogens is 270 g/mol. The van der Waals surface area contributed by atoms with Gasteiger partial charge in [0, 0.05) is 16.7 Å². The van der Waals surface area contributed by atoms with Crippen molar-refractivity contribution >= 4 is 27.6 Å². The Labute approximate surface area is 104 Å². The molecule has 1 aromatic rings. The van der Waals surface area contributed by atoms with Gasteiger partial charge in [-0.25, -0.2) is 4.79 Å². The van der Waals surface area contributed by atoms with Gasteiger partial charge in [0.25, 0.3) is 0 Å². The first kappa shape index (κ1) is 13.0. The van der Waals surface area contributed by atoms with Crippen LogP contribution >= 0.6 is 15.9 Å². The monoisotopic (exact) mass is 285 g/mol. The molecule has 0 saturated heterocycles. The Balaban J connectivity index is 3.01. The van der Waals surface area contributed by atoms with Gasteiger partial charge in [-0.05, 0) is 31.5 Å². The highest BCUT2D eigenvalue weighted by Gasteiger charge is 2.22. The van der Waals surface area contributed by atoms with Crippen molar-refractivity contribution in [1.29, 1.82) is 0 Å². The SMILES string of the molecule is CC[C@H](C(=O)O)N(CC)c1cccc(Br)c1. The second-order valence-corrected chi connectivity index (χ2v) is 4.44. The molecular formula is C12H16BrNO2. The maximum absolute atomic E-state index is 11.1. The van der Waals surface area contributed by atoms with Gasteiger partial charge >= 0.3 is 5.97 Å². The van der Waals surface area contributed by atoms with Gasteiger partial charge in [0.15, 0.2) is 0 Å². The molecule has 4 heteroatoms. The van der Waals surface area contributed by atoms with Gasteiger partial charge in [0.1, 0.15) is 6.04 Å². The lowest BCUT2D eigenvalue weighted by molar-refractivity contribution is -0.138. The molecule has 1 aromatic carbocycles. The Bertz CT molecular complexity index is 368. The van der Waals surface area contributed by atoms with Crippen LogP contribution in [-0.4, -0.2) is 23.7 Å². The summed E-state index contributed by atoms with van der Waals surface area (Å²) in [5.41, 5.74) is 0.936. The van der Waals surface area contributed by atoms with Gasteiger partial charge in [-0.3, -0.25) is 0 Å². The van der Waals surface area contributed by atoms with Crippen molar-refractivity contribution in [3.63, 3.8) is 0 Å². The summed E-state index contributed by atoms with van der Waals surface area (Å²) in [7, 11) is 0. The van der Waals surface area contributed by atoms with Crippen LogP contribution < -0.4 is 4.90 Å². The summed E-state index contributed by atoms with van der Waals surface area (Å²) in [5, 5.41) is 9.15. The highest BCUT2D eigenvalue weighted by Crippen LogP contribution is 2.22. The number of rotatable bonds is 5. The fourth-order valence-corrected chi connectivity index (χ4v) is 2.15. The third-order valence-electron chi connectivity index (χ3n) is 2.53. The van der Waals surface area contributed by atoms with Gasteiger partial charge in [-0.15, -0.1) is 0 Å². The van der Waals surface area contributed by atoms with Gasteiger partial charge in [-0.2, -0.15) is 0 Å². The number of nitrogens with zero attached hydrogens (tertiary/aromatic N) is 1. The number of halogens is 1. The molecule has 0 aliphatic heterocycles. The highest BCUT2D eigenvalue weighted by molar-refractivity contribution is 9.10. The van der Waals surface area contributed by atoms with Crippen LogP contribution in [0.5, 0.6) is 0 Å². The van der Waals surface area contributed by atoms with Gasteiger partial charge < -0.3 is 10.0 Å². The van der Waals surface area contributed by atoms with Crippen LogP contribution in [0.3, 0.4) is 0 Å². The zero-order valence-electron chi connectivity index (χ0n) is 9.48. The highest BCUT2D eigenvalue weighted by atomic mass is 79.9. The molecule has 0 aromatic heterocycles. The molecule has 0 radical (unpaired) electrons. The number of hydrogen-bond donors (Lipinski definition) is 1. The molecule has 1 rings (SSSR count). The Morgan fingerprint density at radius 1 is 1.50 bits per heavy atom. The van der Waals surface area contributed by atoms with E-state index in [0.717, 1.165) is 10.2 Å². The van der Waals surface area contributed by atoms with E-state index in [1.165, 1.54) is 0 Å². The first-order valence-electron chi connectivity index (χ1n) is 5.35. The summed E-state index contributed by atoms with van der Waals surface area (Å²) in [6.07, 6.45) is 0.593. The van der Waals surface area contributed by atoms with Crippen LogP contribution in [0.2, 0.25) is 0 Å². The molecule has 0 unspecified atom stereocenters. The van der Waals surface area contributed by atoms with E-state index in [-0.39, 0.29) is 0 Å². The Hall–Kier alpha value is -1.03. The minimum atomic E-state index is -0.774. The molecule has 0 spiro atoms. The van der Waals surface area contributed by atoms with Crippen molar-refractivity contribution in [3.05, 3.63) is 28.7 Å². The lowest BCUT2D eigenvalue weighted by atomic mass is 10.1. The van der Waals surface area contributed by atoms with E-state index in [1.807, 2.05) is 43.0 Å². The largest absolute Gasteiger partial charge is 0.480 e. The normalized spacial score (nSPS) is 12.2. The van der Waals surface area contributed by atoms with Crippen molar-refractivity contribution in [2.45, 2.75) is 26.3 Å². The fraction of sp³-hybridized carbons (Fsp3) is 0.417. The number of likely N-dealkylation sites (N-methyl/N-ethyl adjacent to an activating group) is 1. The minimum Gasteiger partial charge on any atom is -0.480 e. The van der Waals surface area contributed by atoms with Crippen LogP contribution in [0.15, 0.2) is 28.7 Å². The Morgan fingerprint density at radius 3 is 2.62 bits per heavy atom. The number of anilines is 1. The van der Waals surface area contributed by atoms with Crippen LogP contribution in [0, 0.1) is 0 Å². The third-order valence-corrected chi connectivity index (χ3v) is 3.02. The molecule has 0 bridgehead atoms. The summed E-state index contributed by atoms with van der Waals surface area (Å²) in [5.74, 6) is -0.774. The van der Waals surface area contributed by atoms with Crippen LogP contribution in [0.25, 0.3) is 0 Å². The minimum absolute atomic E-state index is 0.459. The van der Waals surface area contributed by atoms with E-state index < -0.39 is 12.0 Å². The summed E-state index contributed by atoms with van der Waals surface area (Å²) >= 11 is 3.39. The number of carboxylic acids is 1. The summed E-state index contributed by atoms with van der Waals surface area (Å²) in [6, 6.07) is 7.25. The van der Waals surface area contributed by atoms with Crippen LogP contribution in [0.1, 0.15) is 20.3 Å². The van der Waals surface area contributed by atoms with Crippen LogP contribution in [0.4, 0.5) is 5.69 Å². The second kappa shape index (κ2) is 5.89. The topological polar surface area (TPSA) is 40.5 Å². The van der Waals surface area contributed by atoms with Crippen molar-refractivity contribution < 1.29 is 9.90 Å². The molecule has 1 N–H and O–H groups in total. The number of carbonyl (C=O) groups is 1. The Kier molecular flexibility index (Phi) is 4.80. The summed E-state index contributed by atoms with van der Waals surface area (Å²) in [6.45, 7) is 4.53. The number of hydrogen-bond acceptors (Lipinski definition) is 2. The summed E-state index contributed by atoms with van der Waals surface area (Å²) in [4.78, 5) is 13.0. The molecule has 0 amide bonds. The predicted octanol–water partition coefficient (Wildman–Crippen LogP) is 3.14. The average molecular weight is 286 g/mol. The lowest BCUT2D eigenvalue weighted by Crippen LogP contribution is -2.40. The zero-order chi connectivity index (χ0) is 12.1. The van der Waals surface area contributed by atoms with Crippen molar-refractivity contribution in [2.24, 2.45) is 0 Å². The lowest BCUT2D eigenvalue weighted by Gasteiger charge is -2.29. The number of aliphatic carboxylic acids is 1. The molecule has 16 heavy (non-hydrogen) atoms. The molecule has 1 atom stereocenters. The smallest absolute Gasteiger partial charge is 0.326 e. The van der Waals surface area contributed by atoms with Crippen LogP contribution in [-0.2, 0) is 4.79 Å². The van der Waals surface area contributed by atoms with E-state index >= 15 is 0 Å². The van der Waals surface area contributed by atoms with Gasteiger partial charge in [0.2, 0.25) is 0 Å². The molecule has 0 aliphatic carbocycles. The first-order valence-corrected chi connectivity index (χ1v) is 6.14. The van der Waals surface area contributed by atoms with Gasteiger partial charge in [-0.1, -0.05) is 28.9 Å². The first-order chi connectivity index (χ1) is 7.60. The number of benzene rings is 1. The molecule has 0 fully saturated rings. The maximum atomic E-state index is 11.1.